The van der Waals surface area contributed by atoms with Crippen LogP contribution in [0.4, 0.5) is 0 Å². The van der Waals surface area contributed by atoms with Gasteiger partial charge >= 0.3 is 0 Å². The molecule has 2 aromatic carbocycles. The Morgan fingerprint density at radius 2 is 1.73 bits per heavy atom. The lowest BCUT2D eigenvalue weighted by molar-refractivity contribution is -0.118. The molecule has 112 valence electrons. The molecule has 3 heteroatoms. The van der Waals surface area contributed by atoms with E-state index in [-0.39, 0.29) is 16.7 Å². The number of halogens is 1. The first-order chi connectivity index (χ1) is 10.7. The van der Waals surface area contributed by atoms with Crippen molar-refractivity contribution in [2.75, 3.05) is 6.54 Å². The van der Waals surface area contributed by atoms with Crippen molar-refractivity contribution < 1.29 is 4.79 Å². The van der Waals surface area contributed by atoms with Crippen LogP contribution >= 0.6 is 11.6 Å². The molecular formula is C19H18ClNO. The summed E-state index contributed by atoms with van der Waals surface area (Å²) in [6, 6.07) is 20.9. The van der Waals surface area contributed by atoms with Gasteiger partial charge in [-0.2, -0.15) is 0 Å². The molecule has 1 saturated heterocycles. The highest BCUT2D eigenvalue weighted by molar-refractivity contribution is 6.65. The average Bonchev–Trinajstić information content (AvgIpc) is 3.16. The molecule has 0 radical (unpaired) electrons. The Hall–Kier alpha value is -1.64. The molecule has 0 spiro atoms. The Morgan fingerprint density at radius 3 is 2.36 bits per heavy atom. The van der Waals surface area contributed by atoms with Crippen LogP contribution in [0.3, 0.4) is 0 Å². The first-order valence-corrected chi connectivity index (χ1v) is 8.12. The van der Waals surface area contributed by atoms with E-state index in [1.807, 2.05) is 24.3 Å². The summed E-state index contributed by atoms with van der Waals surface area (Å²) in [5.74, 6) is 0.409. The summed E-state index contributed by atoms with van der Waals surface area (Å²) >= 11 is 6.01. The molecule has 2 nitrogen and oxygen atoms in total. The molecule has 1 aliphatic carbocycles. The fourth-order valence-corrected chi connectivity index (χ4v) is 4.43. The summed E-state index contributed by atoms with van der Waals surface area (Å²) in [5.41, 5.74) is 2.12. The zero-order chi connectivity index (χ0) is 15.2. The normalized spacial score (nSPS) is 30.0. The van der Waals surface area contributed by atoms with E-state index in [4.69, 9.17) is 11.6 Å². The number of fused-ring (bicyclic) bond motifs is 1. The third-order valence-corrected chi connectivity index (χ3v) is 5.52. The van der Waals surface area contributed by atoms with Gasteiger partial charge in [-0.25, -0.2) is 0 Å². The van der Waals surface area contributed by atoms with E-state index >= 15 is 0 Å². The molecule has 2 aromatic rings. The predicted octanol–water partition coefficient (Wildman–Crippen LogP) is 4.02. The summed E-state index contributed by atoms with van der Waals surface area (Å²) < 4.78 is 0. The quantitative estimate of drug-likeness (QED) is 0.795. The van der Waals surface area contributed by atoms with Crippen molar-refractivity contribution in [2.45, 2.75) is 19.0 Å². The minimum Gasteiger partial charge on any atom is -0.291 e. The van der Waals surface area contributed by atoms with Crippen LogP contribution in [0, 0.1) is 11.3 Å². The Balaban J connectivity index is 1.69. The van der Waals surface area contributed by atoms with E-state index in [9.17, 15) is 4.79 Å². The van der Waals surface area contributed by atoms with Gasteiger partial charge in [0.05, 0.1) is 5.41 Å². The first kappa shape index (κ1) is 14.0. The van der Waals surface area contributed by atoms with Gasteiger partial charge in [-0.05, 0) is 35.1 Å². The van der Waals surface area contributed by atoms with Crippen LogP contribution in [0.2, 0.25) is 0 Å². The minimum atomic E-state index is -0.363. The number of hydrogen-bond acceptors (Lipinski definition) is 2. The molecule has 0 aromatic heterocycles. The van der Waals surface area contributed by atoms with Crippen LogP contribution in [-0.4, -0.2) is 16.7 Å². The van der Waals surface area contributed by atoms with E-state index in [1.54, 1.807) is 0 Å². The van der Waals surface area contributed by atoms with Gasteiger partial charge in [0.15, 0.2) is 0 Å². The first-order valence-electron chi connectivity index (χ1n) is 7.74. The Bertz CT molecular complexity index is 687. The number of carbonyl (C=O) groups excluding carboxylic acids is 1. The highest BCUT2D eigenvalue weighted by Crippen LogP contribution is 2.68. The standard InChI is InChI=1S/C19H18ClNO/c20-18(22)19-11-16(19)13-21(12-14-7-3-1-4-8-14)17(19)15-9-5-2-6-10-15/h1-10,16-17H,11-13H2/t16?,17-,19+/m0/s1. The van der Waals surface area contributed by atoms with Crippen molar-refractivity contribution in [1.82, 2.24) is 4.90 Å². The van der Waals surface area contributed by atoms with Crippen LogP contribution in [0.5, 0.6) is 0 Å². The molecule has 0 bridgehead atoms. The number of hydrogen-bond donors (Lipinski definition) is 0. The summed E-state index contributed by atoms with van der Waals surface area (Å²) in [5, 5.41) is -0.165. The number of nitrogens with zero attached hydrogens (tertiary/aromatic N) is 1. The Morgan fingerprint density at radius 1 is 1.09 bits per heavy atom. The molecule has 3 atom stereocenters. The molecule has 1 aliphatic heterocycles. The van der Waals surface area contributed by atoms with Crippen LogP contribution < -0.4 is 0 Å². The highest BCUT2D eigenvalue weighted by Gasteiger charge is 2.69. The molecule has 1 heterocycles. The number of likely N-dealkylation sites (tertiary alicyclic amines) is 1. The molecule has 0 N–H and O–H groups in total. The summed E-state index contributed by atoms with van der Waals surface area (Å²) in [6.07, 6.45) is 0.931. The van der Waals surface area contributed by atoms with Crippen molar-refractivity contribution in [2.24, 2.45) is 11.3 Å². The third-order valence-electron chi connectivity index (χ3n) is 5.17. The lowest BCUT2D eigenvalue weighted by Crippen LogP contribution is -2.31. The largest absolute Gasteiger partial charge is 0.291 e. The SMILES string of the molecule is O=C(Cl)[C@]12CC1CN(Cc1ccccc1)[C@H]2c1ccccc1. The highest BCUT2D eigenvalue weighted by atomic mass is 35.5. The van der Waals surface area contributed by atoms with E-state index in [1.165, 1.54) is 11.1 Å². The maximum absolute atomic E-state index is 12.1. The van der Waals surface area contributed by atoms with Gasteiger partial charge in [-0.15, -0.1) is 0 Å². The number of benzene rings is 2. The summed E-state index contributed by atoms with van der Waals surface area (Å²) in [6.45, 7) is 1.82. The fourth-order valence-electron chi connectivity index (χ4n) is 4.09. The molecule has 0 amide bonds. The molecule has 1 unspecified atom stereocenters. The number of rotatable bonds is 4. The molecule has 4 rings (SSSR count). The predicted molar refractivity (Wildman–Crippen MR) is 87.4 cm³/mol. The van der Waals surface area contributed by atoms with Gasteiger partial charge in [-0.1, -0.05) is 60.7 Å². The smallest absolute Gasteiger partial charge is 0.230 e. The number of carbonyl (C=O) groups is 1. The molecule has 2 fully saturated rings. The maximum Gasteiger partial charge on any atom is 0.230 e. The zero-order valence-electron chi connectivity index (χ0n) is 12.3. The van der Waals surface area contributed by atoms with Crippen molar-refractivity contribution in [1.29, 1.82) is 0 Å². The zero-order valence-corrected chi connectivity index (χ0v) is 13.0. The second kappa shape index (κ2) is 5.22. The van der Waals surface area contributed by atoms with Crippen molar-refractivity contribution >= 4 is 16.8 Å². The van der Waals surface area contributed by atoms with Crippen LogP contribution in [-0.2, 0) is 11.3 Å². The monoisotopic (exact) mass is 311 g/mol. The van der Waals surface area contributed by atoms with Gasteiger partial charge in [0.1, 0.15) is 0 Å². The van der Waals surface area contributed by atoms with Gasteiger partial charge < -0.3 is 0 Å². The topological polar surface area (TPSA) is 20.3 Å². The van der Waals surface area contributed by atoms with E-state index in [2.05, 4.69) is 41.3 Å². The summed E-state index contributed by atoms with van der Waals surface area (Å²) in [7, 11) is 0. The third kappa shape index (κ3) is 2.10. The van der Waals surface area contributed by atoms with Crippen molar-refractivity contribution in [3.63, 3.8) is 0 Å². The molecule has 2 aliphatic rings. The molecule has 22 heavy (non-hydrogen) atoms. The number of piperidine rings is 1. The summed E-state index contributed by atoms with van der Waals surface area (Å²) in [4.78, 5) is 14.5. The van der Waals surface area contributed by atoms with Gasteiger partial charge in [-0.3, -0.25) is 9.69 Å². The minimum absolute atomic E-state index is 0.101. The lowest BCUT2D eigenvalue weighted by atomic mass is 9.90. The lowest BCUT2D eigenvalue weighted by Gasteiger charge is -2.31. The second-order valence-corrected chi connectivity index (χ2v) is 6.79. The average molecular weight is 312 g/mol. The van der Waals surface area contributed by atoms with E-state index < -0.39 is 0 Å². The van der Waals surface area contributed by atoms with Crippen molar-refractivity contribution in [3.8, 4) is 0 Å². The van der Waals surface area contributed by atoms with Crippen LogP contribution in [0.15, 0.2) is 60.7 Å². The second-order valence-electron chi connectivity index (χ2n) is 6.44. The van der Waals surface area contributed by atoms with Gasteiger partial charge in [0.2, 0.25) is 5.24 Å². The van der Waals surface area contributed by atoms with Gasteiger partial charge in [0.25, 0.3) is 0 Å². The van der Waals surface area contributed by atoms with Crippen molar-refractivity contribution in [3.05, 3.63) is 71.8 Å². The van der Waals surface area contributed by atoms with E-state index in [0.29, 0.717) is 5.92 Å². The Kier molecular flexibility index (Phi) is 3.32. The fraction of sp³-hybridized carbons (Fsp3) is 0.316. The van der Waals surface area contributed by atoms with Crippen LogP contribution in [0.25, 0.3) is 0 Å². The Labute approximate surface area is 135 Å². The maximum atomic E-state index is 12.1. The van der Waals surface area contributed by atoms with Gasteiger partial charge in [0, 0.05) is 19.1 Å². The van der Waals surface area contributed by atoms with Crippen LogP contribution in [0.1, 0.15) is 23.6 Å². The van der Waals surface area contributed by atoms with E-state index in [0.717, 1.165) is 19.5 Å². The molecular weight excluding hydrogens is 294 g/mol. The molecule has 1 saturated carbocycles.